The first kappa shape index (κ1) is 58.4. The molecule has 10 nitrogen and oxygen atoms in total. The molecule has 0 heterocycles. The Hall–Kier alpha value is -2.59. The number of aliphatic hydroxyl groups is 2. The van der Waals surface area contributed by atoms with Crippen LogP contribution >= 0.6 is 7.82 Å². The highest BCUT2D eigenvalue weighted by atomic mass is 31.2. The van der Waals surface area contributed by atoms with Crippen LogP contribution in [0.25, 0.3) is 0 Å². The van der Waals surface area contributed by atoms with Crippen molar-refractivity contribution in [1.82, 2.24) is 0 Å². The zero-order valence-electron chi connectivity index (χ0n) is 38.4. The summed E-state index contributed by atoms with van der Waals surface area (Å²) in [6, 6.07) is 0. The molecule has 0 spiro atoms. The lowest BCUT2D eigenvalue weighted by atomic mass is 10.1. The molecule has 0 amide bonds. The van der Waals surface area contributed by atoms with Gasteiger partial charge in [-0.05, 0) is 83.5 Å². The molecule has 0 aromatic heterocycles. The minimum atomic E-state index is -4.65. The van der Waals surface area contributed by atoms with E-state index in [9.17, 15) is 29.3 Å². The summed E-state index contributed by atoms with van der Waals surface area (Å²) < 4.78 is 32.6. The Balaban J connectivity index is 3.92. The molecule has 0 bridgehead atoms. The quantitative estimate of drug-likeness (QED) is 0.0234. The first-order valence-electron chi connectivity index (χ1n) is 23.9. The third kappa shape index (κ3) is 43.8. The smallest absolute Gasteiger partial charge is 0.457 e. The maximum Gasteiger partial charge on any atom is 0.472 e. The number of esters is 2. The van der Waals surface area contributed by atoms with Crippen LogP contribution in [0.4, 0.5) is 0 Å². The van der Waals surface area contributed by atoms with E-state index >= 15 is 0 Å². The number of rotatable bonds is 44. The predicted octanol–water partition coefficient (Wildman–Crippen LogP) is 13.2. The highest BCUT2D eigenvalue weighted by molar-refractivity contribution is 7.47. The molecule has 0 rings (SSSR count). The summed E-state index contributed by atoms with van der Waals surface area (Å²) >= 11 is 0. The Kier molecular flexibility index (Phi) is 43.5. The summed E-state index contributed by atoms with van der Waals surface area (Å²) in [4.78, 5) is 34.6. The van der Waals surface area contributed by atoms with E-state index in [0.717, 1.165) is 83.5 Å². The van der Waals surface area contributed by atoms with Gasteiger partial charge >= 0.3 is 19.8 Å². The Labute approximate surface area is 371 Å². The van der Waals surface area contributed by atoms with Crippen LogP contribution < -0.4 is 0 Å². The van der Waals surface area contributed by atoms with Gasteiger partial charge in [0.1, 0.15) is 12.2 Å². The zero-order chi connectivity index (χ0) is 44.8. The largest absolute Gasteiger partial charge is 0.472 e. The molecule has 0 aliphatic carbocycles. The van der Waals surface area contributed by atoms with Crippen LogP contribution in [0.2, 0.25) is 0 Å². The third-order valence-electron chi connectivity index (χ3n) is 9.90. The highest BCUT2D eigenvalue weighted by Gasteiger charge is 2.27. The van der Waals surface area contributed by atoms with Crippen LogP contribution in [0, 0.1) is 0 Å². The van der Waals surface area contributed by atoms with Gasteiger partial charge in [-0.25, -0.2) is 4.57 Å². The average Bonchev–Trinajstić information content (AvgIpc) is 3.25. The lowest BCUT2D eigenvalue weighted by Crippen LogP contribution is -2.28. The average molecular weight is 879 g/mol. The summed E-state index contributed by atoms with van der Waals surface area (Å²) in [7, 11) is -4.65. The van der Waals surface area contributed by atoms with Crippen molar-refractivity contribution in [3.8, 4) is 0 Å². The Morgan fingerprint density at radius 3 is 1.11 bits per heavy atom. The van der Waals surface area contributed by atoms with Crippen LogP contribution in [0.3, 0.4) is 0 Å². The van der Waals surface area contributed by atoms with E-state index in [4.69, 9.17) is 18.5 Å². The number of hydrogen-bond donors (Lipinski definition) is 3. The van der Waals surface area contributed by atoms with Gasteiger partial charge in [0, 0.05) is 12.8 Å². The van der Waals surface area contributed by atoms with Crippen LogP contribution in [0.15, 0.2) is 72.9 Å². The summed E-state index contributed by atoms with van der Waals surface area (Å²) in [5.41, 5.74) is 0. The summed E-state index contributed by atoms with van der Waals surface area (Å²) in [6.07, 6.45) is 53.0. The first-order valence-corrected chi connectivity index (χ1v) is 25.4. The highest BCUT2D eigenvalue weighted by Crippen LogP contribution is 2.43. The van der Waals surface area contributed by atoms with Crippen LogP contribution in [0.1, 0.15) is 194 Å². The number of unbranched alkanes of at least 4 members (excludes halogenated alkanes) is 18. The topological polar surface area (TPSA) is 149 Å². The van der Waals surface area contributed by atoms with E-state index in [-0.39, 0.29) is 12.8 Å². The molecule has 3 unspecified atom stereocenters. The van der Waals surface area contributed by atoms with E-state index < -0.39 is 58.4 Å². The Bertz CT molecular complexity index is 1240. The van der Waals surface area contributed by atoms with Crippen molar-refractivity contribution >= 4 is 19.8 Å². The third-order valence-corrected chi connectivity index (χ3v) is 10.9. The van der Waals surface area contributed by atoms with Crippen LogP contribution in [0.5, 0.6) is 0 Å². The number of allylic oxidation sites excluding steroid dienone is 12. The normalized spacial score (nSPS) is 14.4. The maximum absolute atomic E-state index is 12.4. The van der Waals surface area contributed by atoms with Crippen LogP contribution in [-0.4, -0.2) is 65.7 Å². The molecule has 3 atom stereocenters. The number of hydrogen-bond acceptors (Lipinski definition) is 9. The van der Waals surface area contributed by atoms with Crippen LogP contribution in [-0.2, 0) is 32.7 Å². The SMILES string of the molecule is CC/C=C\C/C=C\C/C=C\C/C=C\CCCCCCC(=O)OC(CO)COP(=O)(O)OCC(CO)OC(=O)CCCCCCCCCCC/C=C\C/C=C\CCCCCCC. The van der Waals surface area contributed by atoms with E-state index in [0.29, 0.717) is 12.8 Å². The number of aliphatic hydroxyl groups excluding tert-OH is 2. The molecule has 0 saturated heterocycles. The molecule has 0 aromatic carbocycles. The molecular weight excluding hydrogens is 792 g/mol. The first-order chi connectivity index (χ1) is 29.8. The molecule has 352 valence electrons. The fraction of sp³-hybridized carbons (Fsp3) is 0.720. The number of phosphoric acid groups is 1. The number of carbonyl (C=O) groups excluding carboxylic acids is 2. The zero-order valence-corrected chi connectivity index (χ0v) is 39.3. The molecule has 0 aromatic rings. The van der Waals surface area contributed by atoms with Gasteiger partial charge in [0.05, 0.1) is 26.4 Å². The van der Waals surface area contributed by atoms with E-state index in [1.807, 2.05) is 0 Å². The number of phosphoric ester groups is 1. The van der Waals surface area contributed by atoms with Gasteiger partial charge in [-0.1, -0.05) is 170 Å². The summed E-state index contributed by atoms with van der Waals surface area (Å²) in [5.74, 6) is -1.05. The molecular formula is C50H87O10P. The van der Waals surface area contributed by atoms with Gasteiger partial charge in [0.25, 0.3) is 0 Å². The molecule has 0 fully saturated rings. The minimum Gasteiger partial charge on any atom is -0.457 e. The lowest BCUT2D eigenvalue weighted by Gasteiger charge is -2.20. The second-order valence-electron chi connectivity index (χ2n) is 15.7. The summed E-state index contributed by atoms with van der Waals surface area (Å²) in [5, 5.41) is 19.2. The second kappa shape index (κ2) is 45.4. The van der Waals surface area contributed by atoms with Crippen molar-refractivity contribution in [2.75, 3.05) is 26.4 Å². The monoisotopic (exact) mass is 879 g/mol. The van der Waals surface area contributed by atoms with Crippen molar-refractivity contribution in [3.05, 3.63) is 72.9 Å². The van der Waals surface area contributed by atoms with Crippen molar-refractivity contribution in [2.24, 2.45) is 0 Å². The Morgan fingerprint density at radius 1 is 0.459 bits per heavy atom. The van der Waals surface area contributed by atoms with E-state index in [1.54, 1.807) is 0 Å². The van der Waals surface area contributed by atoms with Gasteiger partial charge < -0.3 is 24.6 Å². The number of carbonyl (C=O) groups is 2. The fourth-order valence-electron chi connectivity index (χ4n) is 6.25. The van der Waals surface area contributed by atoms with Gasteiger partial charge in [-0.3, -0.25) is 18.6 Å². The van der Waals surface area contributed by atoms with Gasteiger partial charge in [0.15, 0.2) is 0 Å². The van der Waals surface area contributed by atoms with E-state index in [2.05, 4.69) is 86.8 Å². The molecule has 11 heteroatoms. The molecule has 61 heavy (non-hydrogen) atoms. The molecule has 0 aliphatic heterocycles. The summed E-state index contributed by atoms with van der Waals surface area (Å²) in [6.45, 7) is 2.05. The fourth-order valence-corrected chi connectivity index (χ4v) is 7.04. The second-order valence-corrected chi connectivity index (χ2v) is 17.2. The Morgan fingerprint density at radius 2 is 0.770 bits per heavy atom. The minimum absolute atomic E-state index is 0.161. The molecule has 0 saturated carbocycles. The van der Waals surface area contributed by atoms with Gasteiger partial charge in [-0.15, -0.1) is 0 Å². The number of ether oxygens (including phenoxy) is 2. The van der Waals surface area contributed by atoms with Crippen molar-refractivity contribution in [2.45, 2.75) is 206 Å². The molecule has 0 radical (unpaired) electrons. The van der Waals surface area contributed by atoms with Gasteiger partial charge in [-0.2, -0.15) is 0 Å². The maximum atomic E-state index is 12.4. The molecule has 3 N–H and O–H groups in total. The lowest BCUT2D eigenvalue weighted by molar-refractivity contribution is -0.153. The predicted molar refractivity (Wildman–Crippen MR) is 251 cm³/mol. The standard InChI is InChI=1S/C50H87O10P/c1-3-5-7-9-11-13-15-17-19-21-22-23-24-26-28-30-32-34-36-38-40-42-50(54)60-48(44-52)46-58-61(55,56)57-45-47(43-51)59-49(53)41-39-37-35-33-31-29-27-25-20-18-16-14-12-10-8-6-4-2/h6,8,12,14-15,17-18,20-22,27,29,47-48,51-52H,3-5,7,9-11,13,16,19,23-26,28,30-46H2,1-2H3,(H,55,56)/b8-6-,14-12-,17-15-,20-18-,22-21-,29-27-. The van der Waals surface area contributed by atoms with E-state index in [1.165, 1.54) is 70.6 Å². The van der Waals surface area contributed by atoms with Crippen molar-refractivity contribution in [3.63, 3.8) is 0 Å². The van der Waals surface area contributed by atoms with Crippen molar-refractivity contribution < 1.29 is 47.8 Å². The molecule has 0 aliphatic rings. The van der Waals surface area contributed by atoms with Crippen molar-refractivity contribution in [1.29, 1.82) is 0 Å². The van der Waals surface area contributed by atoms with Gasteiger partial charge in [0.2, 0.25) is 0 Å².